The molecule has 2 heterocycles. The summed E-state index contributed by atoms with van der Waals surface area (Å²) in [4.78, 5) is 5.00. The van der Waals surface area contributed by atoms with Gasteiger partial charge in [-0.05, 0) is 97.2 Å². The van der Waals surface area contributed by atoms with Crippen LogP contribution in [0.4, 0.5) is 0 Å². The van der Waals surface area contributed by atoms with Crippen molar-refractivity contribution in [1.82, 2.24) is 9.55 Å². The van der Waals surface area contributed by atoms with Gasteiger partial charge in [-0.3, -0.25) is 4.57 Å². The molecule has 9 rings (SSSR count). The molecule has 4 aliphatic rings. The van der Waals surface area contributed by atoms with Crippen LogP contribution in [0.1, 0.15) is 43.2 Å². The molecule has 3 heteroatoms. The lowest BCUT2D eigenvalue weighted by molar-refractivity contribution is -0.0418. The highest BCUT2D eigenvalue weighted by Gasteiger charge is 2.58. The van der Waals surface area contributed by atoms with Crippen molar-refractivity contribution in [2.45, 2.75) is 37.5 Å². The van der Waals surface area contributed by atoms with E-state index in [9.17, 15) is 0 Å². The molecule has 0 spiro atoms. The number of fused-ring (bicyclic) bond motifs is 3. The van der Waals surface area contributed by atoms with Crippen LogP contribution in [0.15, 0.2) is 91.1 Å². The molecule has 4 aliphatic carbocycles. The number of methoxy groups -OCH3 is 1. The van der Waals surface area contributed by atoms with E-state index < -0.39 is 0 Å². The molecule has 3 nitrogen and oxygen atoms in total. The van der Waals surface area contributed by atoms with Crippen molar-refractivity contribution in [3.63, 3.8) is 0 Å². The van der Waals surface area contributed by atoms with E-state index in [1.807, 2.05) is 0 Å². The van der Waals surface area contributed by atoms with E-state index in [1.54, 1.807) is 7.11 Å². The average Bonchev–Trinajstić information content (AvgIpc) is 3.27. The van der Waals surface area contributed by atoms with Gasteiger partial charge in [0.1, 0.15) is 11.6 Å². The van der Waals surface area contributed by atoms with Crippen molar-refractivity contribution in [2.24, 2.45) is 23.7 Å². The van der Waals surface area contributed by atoms with E-state index in [0.29, 0.717) is 11.8 Å². The molecule has 2 aromatic heterocycles. The zero-order valence-electron chi connectivity index (χ0n) is 21.3. The third kappa shape index (κ3) is 2.97. The fraction of sp³-hybridized carbons (Fsp3) is 0.324. The van der Waals surface area contributed by atoms with E-state index in [-0.39, 0.29) is 5.41 Å². The molecule has 184 valence electrons. The highest BCUT2D eigenvalue weighted by atomic mass is 16.5. The van der Waals surface area contributed by atoms with Crippen molar-refractivity contribution < 1.29 is 4.74 Å². The molecule has 0 aliphatic heterocycles. The Hall–Kier alpha value is -3.59. The Morgan fingerprint density at radius 2 is 1.41 bits per heavy atom. The van der Waals surface area contributed by atoms with Crippen LogP contribution in [0.3, 0.4) is 0 Å². The van der Waals surface area contributed by atoms with Crippen LogP contribution >= 0.6 is 0 Å². The van der Waals surface area contributed by atoms with Gasteiger partial charge in [0.15, 0.2) is 0 Å². The van der Waals surface area contributed by atoms with Crippen LogP contribution in [0.25, 0.3) is 27.6 Å². The molecule has 0 unspecified atom stereocenters. The van der Waals surface area contributed by atoms with Gasteiger partial charge >= 0.3 is 0 Å². The highest BCUT2D eigenvalue weighted by Crippen LogP contribution is 2.65. The molecule has 4 saturated carbocycles. The van der Waals surface area contributed by atoms with Crippen LogP contribution in [-0.2, 0) is 5.41 Å². The Bertz CT molecular complexity index is 1600. The number of rotatable bonds is 4. The van der Waals surface area contributed by atoms with Crippen molar-refractivity contribution in [3.05, 3.63) is 102 Å². The highest BCUT2D eigenvalue weighted by molar-refractivity contribution is 6.09. The van der Waals surface area contributed by atoms with E-state index in [1.165, 1.54) is 59.5 Å². The number of ether oxygens (including phenoxy) is 1. The predicted molar refractivity (Wildman–Crippen MR) is 149 cm³/mol. The Labute approximate surface area is 218 Å². The molecule has 0 amide bonds. The largest absolute Gasteiger partial charge is 0.497 e. The van der Waals surface area contributed by atoms with E-state index >= 15 is 0 Å². The fourth-order valence-electron chi connectivity index (χ4n) is 8.87. The monoisotopic (exact) mass is 484 g/mol. The maximum atomic E-state index is 5.63. The summed E-state index contributed by atoms with van der Waals surface area (Å²) in [6.07, 6.45) is 8.99. The maximum Gasteiger partial charge on any atom is 0.137 e. The summed E-state index contributed by atoms with van der Waals surface area (Å²) in [7, 11) is 1.74. The smallest absolute Gasteiger partial charge is 0.137 e. The zero-order chi connectivity index (χ0) is 24.6. The molecular weight excluding hydrogens is 452 g/mol. The first kappa shape index (κ1) is 21.5. The molecule has 0 N–H and O–H groups in total. The summed E-state index contributed by atoms with van der Waals surface area (Å²) >= 11 is 0. The number of nitrogens with zero attached hydrogens (tertiary/aromatic N) is 2. The van der Waals surface area contributed by atoms with Gasteiger partial charge in [-0.1, -0.05) is 48.5 Å². The second-order valence-corrected chi connectivity index (χ2v) is 11.7. The molecule has 0 saturated heterocycles. The second-order valence-electron chi connectivity index (χ2n) is 11.7. The summed E-state index contributed by atoms with van der Waals surface area (Å²) in [6.45, 7) is 0. The third-order valence-electron chi connectivity index (χ3n) is 10.0. The van der Waals surface area contributed by atoms with E-state index in [4.69, 9.17) is 9.72 Å². The molecule has 0 atom stereocenters. The van der Waals surface area contributed by atoms with Crippen LogP contribution in [0.2, 0.25) is 0 Å². The number of aromatic nitrogens is 2. The van der Waals surface area contributed by atoms with Gasteiger partial charge in [-0.25, -0.2) is 4.98 Å². The van der Waals surface area contributed by atoms with Crippen molar-refractivity contribution in [2.75, 3.05) is 7.11 Å². The minimum absolute atomic E-state index is 0.0722. The molecule has 4 fully saturated rings. The van der Waals surface area contributed by atoms with Gasteiger partial charge in [0.25, 0.3) is 0 Å². The first-order valence-corrected chi connectivity index (χ1v) is 13.9. The van der Waals surface area contributed by atoms with Gasteiger partial charge in [0.05, 0.1) is 18.1 Å². The summed E-state index contributed by atoms with van der Waals surface area (Å²) in [5.41, 5.74) is 5.36. The Morgan fingerprint density at radius 1 is 0.703 bits per heavy atom. The Morgan fingerprint density at radius 3 is 2.16 bits per heavy atom. The first-order chi connectivity index (χ1) is 18.3. The molecule has 4 bridgehead atoms. The normalized spacial score (nSPS) is 28.2. The van der Waals surface area contributed by atoms with Gasteiger partial charge in [-0.15, -0.1) is 0 Å². The lowest BCUT2D eigenvalue weighted by Crippen LogP contribution is -2.56. The molecule has 3 aromatic carbocycles. The van der Waals surface area contributed by atoms with Gasteiger partial charge < -0.3 is 4.74 Å². The maximum absolute atomic E-state index is 5.63. The van der Waals surface area contributed by atoms with Crippen LogP contribution in [0, 0.1) is 23.7 Å². The van der Waals surface area contributed by atoms with Gasteiger partial charge in [-0.2, -0.15) is 0 Å². The standard InChI is InChI=1S/C34H32N2O/c1-37-28-11-12-30-29-9-5-6-10-31(29)36(32(30)21-28)33-20-25(13-14-35-33)34(24-7-3-2-4-8-24)26-16-22-15-23(18-26)19-27(34)17-22/h2-14,20-23,26-27H,15-19H2,1H3. The first-order valence-electron chi connectivity index (χ1n) is 13.9. The zero-order valence-corrected chi connectivity index (χ0v) is 21.3. The van der Waals surface area contributed by atoms with E-state index in [0.717, 1.165) is 28.9 Å². The number of pyridine rings is 1. The predicted octanol–water partition coefficient (Wildman–Crippen LogP) is 7.93. The van der Waals surface area contributed by atoms with Crippen LogP contribution in [0.5, 0.6) is 5.75 Å². The van der Waals surface area contributed by atoms with Gasteiger partial charge in [0.2, 0.25) is 0 Å². The molecular formula is C34H32N2O. The second kappa shape index (κ2) is 7.95. The van der Waals surface area contributed by atoms with Crippen LogP contribution in [-0.4, -0.2) is 16.7 Å². The quantitative estimate of drug-likeness (QED) is 0.259. The van der Waals surface area contributed by atoms with Crippen LogP contribution < -0.4 is 4.74 Å². The van der Waals surface area contributed by atoms with Crippen molar-refractivity contribution in [3.8, 4) is 11.6 Å². The number of para-hydroxylation sites is 1. The summed E-state index contributed by atoms with van der Waals surface area (Å²) in [5.74, 6) is 5.13. The lowest BCUT2D eigenvalue weighted by atomic mass is 9.42. The fourth-order valence-corrected chi connectivity index (χ4v) is 8.87. The lowest BCUT2D eigenvalue weighted by Gasteiger charge is -2.62. The topological polar surface area (TPSA) is 27.1 Å². The summed E-state index contributed by atoms with van der Waals surface area (Å²) in [5, 5.41) is 2.48. The average molecular weight is 485 g/mol. The number of hydrogen-bond acceptors (Lipinski definition) is 2. The molecule has 0 radical (unpaired) electrons. The van der Waals surface area contributed by atoms with Gasteiger partial charge in [0, 0.05) is 28.5 Å². The summed E-state index contributed by atoms with van der Waals surface area (Å²) < 4.78 is 7.97. The van der Waals surface area contributed by atoms with Crippen molar-refractivity contribution in [1.29, 1.82) is 0 Å². The summed E-state index contributed by atoms with van der Waals surface area (Å²) in [6, 6.07) is 31.3. The third-order valence-corrected chi connectivity index (χ3v) is 10.0. The number of benzene rings is 3. The Kier molecular flexibility index (Phi) is 4.62. The minimum atomic E-state index is 0.0722. The molecule has 5 aromatic rings. The minimum Gasteiger partial charge on any atom is -0.497 e. The SMILES string of the molecule is COc1ccc2c3ccccc3n(-c3cc(C4(c5ccccc5)C5CC6CC(C5)CC4C6)ccn3)c2c1. The molecule has 37 heavy (non-hydrogen) atoms. The van der Waals surface area contributed by atoms with E-state index in [2.05, 4.69) is 95.7 Å². The van der Waals surface area contributed by atoms with Crippen molar-refractivity contribution >= 4 is 21.8 Å². The number of hydrogen-bond donors (Lipinski definition) is 0. The Balaban J connectivity index is 1.38.